The molecule has 0 fully saturated rings. The van der Waals surface area contributed by atoms with Gasteiger partial charge in [0, 0.05) is 6.20 Å². The van der Waals surface area contributed by atoms with E-state index in [-0.39, 0.29) is 17.8 Å². The number of rotatable bonds is 4. The first-order valence-electron chi connectivity index (χ1n) is 7.22. The van der Waals surface area contributed by atoms with Crippen LogP contribution in [-0.4, -0.2) is 40.6 Å². The number of nitrogens with two attached hydrogens (primary N) is 1. The van der Waals surface area contributed by atoms with Crippen LogP contribution in [0.3, 0.4) is 0 Å². The molecule has 4 N–H and O–H groups in total. The molecule has 11 heteroatoms. The molecule has 3 heterocycles. The summed E-state index contributed by atoms with van der Waals surface area (Å²) in [5.74, 6) is 0.0857. The Morgan fingerprint density at radius 1 is 1.32 bits per heavy atom. The SMILES string of the molecule is Cc1nc(NC(=O)C(C)(C)Sc2nc(N)nc3nc[nH]c23)ncc1Br. The molecule has 9 nitrogen and oxygen atoms in total. The number of aromatic amines is 1. The molecule has 0 atom stereocenters. The van der Waals surface area contributed by atoms with Crippen LogP contribution in [0, 0.1) is 6.92 Å². The number of hydrogen-bond donors (Lipinski definition) is 3. The molecular formula is C14H15BrN8OS. The molecule has 25 heavy (non-hydrogen) atoms. The molecule has 1 amide bonds. The highest BCUT2D eigenvalue weighted by atomic mass is 79.9. The lowest BCUT2D eigenvalue weighted by atomic mass is 10.2. The third kappa shape index (κ3) is 3.71. The number of carbonyl (C=O) groups is 1. The highest BCUT2D eigenvalue weighted by Crippen LogP contribution is 2.35. The maximum atomic E-state index is 12.7. The summed E-state index contributed by atoms with van der Waals surface area (Å²) in [6, 6.07) is 0. The minimum atomic E-state index is -0.858. The van der Waals surface area contributed by atoms with Gasteiger partial charge in [0.05, 0.1) is 21.2 Å². The Kier molecular flexibility index (Phi) is 4.60. The van der Waals surface area contributed by atoms with E-state index in [1.807, 2.05) is 6.92 Å². The largest absolute Gasteiger partial charge is 0.368 e. The Bertz CT molecular complexity index is 957. The van der Waals surface area contributed by atoms with Gasteiger partial charge >= 0.3 is 0 Å². The smallest absolute Gasteiger partial charge is 0.242 e. The van der Waals surface area contributed by atoms with Crippen molar-refractivity contribution in [1.82, 2.24) is 29.9 Å². The van der Waals surface area contributed by atoms with Crippen molar-refractivity contribution in [1.29, 1.82) is 0 Å². The van der Waals surface area contributed by atoms with Gasteiger partial charge in [0.15, 0.2) is 5.65 Å². The highest BCUT2D eigenvalue weighted by Gasteiger charge is 2.31. The van der Waals surface area contributed by atoms with Gasteiger partial charge in [-0.1, -0.05) is 11.8 Å². The molecule has 3 aromatic rings. The fourth-order valence-corrected chi connectivity index (χ4v) is 3.16. The zero-order chi connectivity index (χ0) is 18.2. The number of H-pyrrole nitrogens is 1. The van der Waals surface area contributed by atoms with E-state index in [9.17, 15) is 4.79 Å². The normalized spacial score (nSPS) is 11.7. The lowest BCUT2D eigenvalue weighted by Gasteiger charge is -2.22. The number of amides is 1. The Labute approximate surface area is 155 Å². The van der Waals surface area contributed by atoms with Gasteiger partial charge in [-0.05, 0) is 36.7 Å². The minimum Gasteiger partial charge on any atom is -0.368 e. The molecule has 130 valence electrons. The summed E-state index contributed by atoms with van der Waals surface area (Å²) in [7, 11) is 0. The van der Waals surface area contributed by atoms with Gasteiger partial charge in [0.1, 0.15) is 10.5 Å². The van der Waals surface area contributed by atoms with Crippen molar-refractivity contribution in [2.24, 2.45) is 0 Å². The summed E-state index contributed by atoms with van der Waals surface area (Å²) in [6.07, 6.45) is 3.10. The molecule has 0 aliphatic rings. The zero-order valence-electron chi connectivity index (χ0n) is 13.7. The maximum Gasteiger partial charge on any atom is 0.242 e. The second kappa shape index (κ2) is 6.56. The van der Waals surface area contributed by atoms with Crippen LogP contribution in [0.25, 0.3) is 11.2 Å². The number of thioether (sulfide) groups is 1. The molecule has 0 radical (unpaired) electrons. The predicted molar refractivity (Wildman–Crippen MR) is 99.1 cm³/mol. The topological polar surface area (TPSA) is 135 Å². The number of aromatic nitrogens is 6. The fourth-order valence-electron chi connectivity index (χ4n) is 1.95. The van der Waals surface area contributed by atoms with Crippen LogP contribution >= 0.6 is 27.7 Å². The third-order valence-electron chi connectivity index (χ3n) is 3.31. The Morgan fingerprint density at radius 3 is 2.80 bits per heavy atom. The third-order valence-corrected chi connectivity index (χ3v) is 5.28. The molecule has 0 aromatic carbocycles. The van der Waals surface area contributed by atoms with Crippen molar-refractivity contribution in [2.45, 2.75) is 30.5 Å². The van der Waals surface area contributed by atoms with E-state index < -0.39 is 4.75 Å². The zero-order valence-corrected chi connectivity index (χ0v) is 16.1. The van der Waals surface area contributed by atoms with Crippen LogP contribution in [0.5, 0.6) is 0 Å². The molecule has 0 aliphatic carbocycles. The number of nitrogen functional groups attached to an aromatic ring is 1. The van der Waals surface area contributed by atoms with Crippen LogP contribution in [0.2, 0.25) is 0 Å². The summed E-state index contributed by atoms with van der Waals surface area (Å²) in [4.78, 5) is 36.3. The van der Waals surface area contributed by atoms with Crippen molar-refractivity contribution >= 4 is 56.7 Å². The lowest BCUT2D eigenvalue weighted by molar-refractivity contribution is -0.117. The number of nitrogens with zero attached hydrogens (tertiary/aromatic N) is 5. The van der Waals surface area contributed by atoms with Crippen LogP contribution < -0.4 is 11.1 Å². The fraction of sp³-hybridized carbons (Fsp3) is 0.286. The number of halogens is 1. The van der Waals surface area contributed by atoms with Crippen molar-refractivity contribution < 1.29 is 4.79 Å². The number of hydrogen-bond acceptors (Lipinski definition) is 8. The van der Waals surface area contributed by atoms with Gasteiger partial charge in [-0.2, -0.15) is 4.98 Å². The molecular weight excluding hydrogens is 408 g/mol. The first-order valence-corrected chi connectivity index (χ1v) is 8.83. The van der Waals surface area contributed by atoms with E-state index in [0.29, 0.717) is 16.2 Å². The molecule has 3 rings (SSSR count). The van der Waals surface area contributed by atoms with E-state index in [1.54, 1.807) is 20.0 Å². The van der Waals surface area contributed by atoms with Crippen LogP contribution in [0.4, 0.5) is 11.9 Å². The standard InChI is InChI=1S/C14H15BrN8OS/c1-6-7(15)4-17-13(20-6)23-11(24)14(2,3)25-10-8-9(19-5-18-8)21-12(16)22-10/h4-5H,1-3H3,(H,17,20,23,24)(H3,16,18,19,21,22). The summed E-state index contributed by atoms with van der Waals surface area (Å²) in [6.45, 7) is 5.37. The summed E-state index contributed by atoms with van der Waals surface area (Å²) >= 11 is 4.58. The second-order valence-corrected chi connectivity index (χ2v) is 8.15. The van der Waals surface area contributed by atoms with E-state index in [2.05, 4.69) is 51.2 Å². The van der Waals surface area contributed by atoms with E-state index in [1.165, 1.54) is 18.1 Å². The van der Waals surface area contributed by atoms with Gasteiger partial charge in [-0.15, -0.1) is 0 Å². The molecule has 3 aromatic heterocycles. The Morgan fingerprint density at radius 2 is 2.08 bits per heavy atom. The van der Waals surface area contributed by atoms with Crippen molar-refractivity contribution in [3.8, 4) is 0 Å². The number of imidazole rings is 1. The highest BCUT2D eigenvalue weighted by molar-refractivity contribution is 9.10. The number of carbonyl (C=O) groups excluding carboxylic acids is 1. The maximum absolute atomic E-state index is 12.7. The van der Waals surface area contributed by atoms with Crippen molar-refractivity contribution in [3.63, 3.8) is 0 Å². The van der Waals surface area contributed by atoms with Gasteiger partial charge in [0.25, 0.3) is 0 Å². The minimum absolute atomic E-state index is 0.102. The van der Waals surface area contributed by atoms with E-state index in [0.717, 1.165) is 10.2 Å². The van der Waals surface area contributed by atoms with Gasteiger partial charge in [0.2, 0.25) is 17.8 Å². The summed E-state index contributed by atoms with van der Waals surface area (Å²) in [5, 5.41) is 3.27. The summed E-state index contributed by atoms with van der Waals surface area (Å²) in [5.41, 5.74) is 7.55. The molecule has 0 bridgehead atoms. The average Bonchev–Trinajstić information content (AvgIpc) is 2.99. The lowest BCUT2D eigenvalue weighted by Crippen LogP contribution is -2.34. The molecule has 0 saturated heterocycles. The molecule has 0 aliphatic heterocycles. The van der Waals surface area contributed by atoms with Crippen molar-refractivity contribution in [3.05, 3.63) is 22.7 Å². The molecule has 0 saturated carbocycles. The number of aryl methyl sites for hydroxylation is 1. The van der Waals surface area contributed by atoms with E-state index >= 15 is 0 Å². The quantitative estimate of drug-likeness (QED) is 0.430. The van der Waals surface area contributed by atoms with Gasteiger partial charge in [-0.25, -0.2) is 19.9 Å². The second-order valence-electron chi connectivity index (χ2n) is 5.68. The van der Waals surface area contributed by atoms with Gasteiger partial charge in [-0.3, -0.25) is 10.1 Å². The average molecular weight is 423 g/mol. The van der Waals surface area contributed by atoms with Gasteiger partial charge < -0.3 is 10.7 Å². The summed E-state index contributed by atoms with van der Waals surface area (Å²) < 4.78 is -0.0827. The van der Waals surface area contributed by atoms with Crippen molar-refractivity contribution in [2.75, 3.05) is 11.1 Å². The van der Waals surface area contributed by atoms with Crippen LogP contribution in [0.1, 0.15) is 19.5 Å². The van der Waals surface area contributed by atoms with Crippen LogP contribution in [-0.2, 0) is 4.79 Å². The van der Waals surface area contributed by atoms with Crippen LogP contribution in [0.15, 0.2) is 22.0 Å². The predicted octanol–water partition coefficient (Wildman–Crippen LogP) is 2.31. The monoisotopic (exact) mass is 422 g/mol. The van der Waals surface area contributed by atoms with E-state index in [4.69, 9.17) is 5.73 Å². The Hall–Kier alpha value is -2.27. The number of nitrogens with one attached hydrogen (secondary N) is 2. The number of fused-ring (bicyclic) bond motifs is 1. The number of anilines is 2. The first-order chi connectivity index (χ1) is 11.8. The molecule has 0 spiro atoms. The first kappa shape index (κ1) is 17.5. The Balaban J connectivity index is 1.83. The molecule has 0 unspecified atom stereocenters.